The zero-order valence-electron chi connectivity index (χ0n) is 12.3. The van der Waals surface area contributed by atoms with Crippen LogP contribution in [0.1, 0.15) is 18.4 Å². The van der Waals surface area contributed by atoms with Crippen molar-refractivity contribution in [3.8, 4) is 0 Å². The van der Waals surface area contributed by atoms with E-state index in [0.717, 1.165) is 24.9 Å². The summed E-state index contributed by atoms with van der Waals surface area (Å²) in [6.45, 7) is 3.43. The molecule has 1 saturated heterocycles. The van der Waals surface area contributed by atoms with Crippen molar-refractivity contribution in [1.29, 1.82) is 0 Å². The van der Waals surface area contributed by atoms with Gasteiger partial charge in [-0.15, -0.1) is 0 Å². The Kier molecular flexibility index (Phi) is 4.36. The first-order chi connectivity index (χ1) is 9.32. The van der Waals surface area contributed by atoms with Crippen LogP contribution in [0.2, 0.25) is 0 Å². The summed E-state index contributed by atoms with van der Waals surface area (Å²) in [5, 5.41) is 0. The Morgan fingerprint density at radius 2 is 2.15 bits per heavy atom. The summed E-state index contributed by atoms with van der Waals surface area (Å²) in [6.07, 6.45) is 2.17. The molecule has 1 aliphatic rings. The molecule has 1 heterocycles. The predicted molar refractivity (Wildman–Crippen MR) is 81.1 cm³/mol. The minimum atomic E-state index is -3.52. The highest BCUT2D eigenvalue weighted by atomic mass is 32.2. The van der Waals surface area contributed by atoms with Crippen LogP contribution in [0.3, 0.4) is 0 Å². The number of hydrogen-bond donors (Lipinski definition) is 1. The average Bonchev–Trinajstić information content (AvgIpc) is 2.74. The molecule has 0 aliphatic carbocycles. The van der Waals surface area contributed by atoms with Gasteiger partial charge in [-0.25, -0.2) is 8.42 Å². The highest BCUT2D eigenvalue weighted by Crippen LogP contribution is 2.24. The summed E-state index contributed by atoms with van der Waals surface area (Å²) in [5.74, 6) is 0. The van der Waals surface area contributed by atoms with Crippen molar-refractivity contribution < 1.29 is 8.42 Å². The summed E-state index contributed by atoms with van der Waals surface area (Å²) in [4.78, 5) is 2.41. The van der Waals surface area contributed by atoms with Gasteiger partial charge in [0.05, 0.1) is 5.69 Å². The molecule has 1 fully saturated rings. The minimum Gasteiger partial charge on any atom is -0.398 e. The molecule has 1 atom stereocenters. The first kappa shape index (κ1) is 15.3. The smallest absolute Gasteiger partial charge is 0.244 e. The Hall–Kier alpha value is -1.11. The number of likely N-dealkylation sites (tertiary alicyclic amines) is 1. The molecule has 20 heavy (non-hydrogen) atoms. The lowest BCUT2D eigenvalue weighted by Gasteiger charge is -2.25. The van der Waals surface area contributed by atoms with E-state index in [1.54, 1.807) is 25.2 Å². The van der Waals surface area contributed by atoms with Crippen molar-refractivity contribution in [2.75, 3.05) is 32.9 Å². The highest BCUT2D eigenvalue weighted by Gasteiger charge is 2.29. The fourth-order valence-electron chi connectivity index (χ4n) is 2.68. The van der Waals surface area contributed by atoms with Crippen molar-refractivity contribution in [2.45, 2.75) is 30.7 Å². The molecule has 0 aromatic heterocycles. The molecule has 1 aliphatic heterocycles. The van der Waals surface area contributed by atoms with Crippen molar-refractivity contribution in [2.24, 2.45) is 0 Å². The molecular formula is C14H23N3O2S. The number of aryl methyl sites for hydroxylation is 1. The molecule has 1 aromatic carbocycles. The lowest BCUT2D eigenvalue weighted by molar-refractivity contribution is 0.271. The number of rotatable bonds is 4. The molecule has 5 nitrogen and oxygen atoms in total. The topological polar surface area (TPSA) is 66.6 Å². The summed E-state index contributed by atoms with van der Waals surface area (Å²) in [5.41, 5.74) is 7.14. The molecule has 112 valence electrons. The van der Waals surface area contributed by atoms with Gasteiger partial charge < -0.3 is 10.6 Å². The van der Waals surface area contributed by atoms with Crippen LogP contribution >= 0.6 is 0 Å². The molecule has 6 heteroatoms. The van der Waals surface area contributed by atoms with E-state index >= 15 is 0 Å². The summed E-state index contributed by atoms with van der Waals surface area (Å²) >= 11 is 0. The summed E-state index contributed by atoms with van der Waals surface area (Å²) < 4.78 is 26.6. The normalized spacial score (nSPS) is 20.7. The molecule has 2 N–H and O–H groups in total. The van der Waals surface area contributed by atoms with E-state index in [9.17, 15) is 8.42 Å². The van der Waals surface area contributed by atoms with Crippen LogP contribution in [-0.4, -0.2) is 50.8 Å². The first-order valence-electron chi connectivity index (χ1n) is 6.85. The van der Waals surface area contributed by atoms with Crippen LogP contribution in [0.4, 0.5) is 5.69 Å². The second kappa shape index (κ2) is 5.71. The summed E-state index contributed by atoms with van der Waals surface area (Å²) in [7, 11) is 0.150. The third-order valence-electron chi connectivity index (χ3n) is 3.99. The van der Waals surface area contributed by atoms with Gasteiger partial charge in [0.25, 0.3) is 0 Å². The van der Waals surface area contributed by atoms with Crippen LogP contribution in [-0.2, 0) is 10.0 Å². The lowest BCUT2D eigenvalue weighted by atomic mass is 10.2. The van der Waals surface area contributed by atoms with Crippen molar-refractivity contribution in [1.82, 2.24) is 9.21 Å². The van der Waals surface area contributed by atoms with Gasteiger partial charge in [-0.3, -0.25) is 0 Å². The maximum atomic E-state index is 12.6. The first-order valence-corrected chi connectivity index (χ1v) is 8.29. The second-order valence-electron chi connectivity index (χ2n) is 5.60. The average molecular weight is 297 g/mol. The van der Waals surface area contributed by atoms with Gasteiger partial charge >= 0.3 is 0 Å². The number of nitrogen functional groups attached to an aromatic ring is 1. The molecule has 0 spiro atoms. The highest BCUT2D eigenvalue weighted by molar-refractivity contribution is 7.89. The number of hydrogen-bond acceptors (Lipinski definition) is 4. The van der Waals surface area contributed by atoms with E-state index in [1.165, 1.54) is 4.31 Å². The fraction of sp³-hybridized carbons (Fsp3) is 0.571. The van der Waals surface area contributed by atoms with E-state index in [1.807, 2.05) is 14.0 Å². The number of nitrogens with two attached hydrogens (primary N) is 1. The fourth-order valence-corrected chi connectivity index (χ4v) is 3.98. The Morgan fingerprint density at radius 1 is 1.45 bits per heavy atom. The Balaban J connectivity index is 2.20. The van der Waals surface area contributed by atoms with Crippen molar-refractivity contribution in [3.05, 3.63) is 23.8 Å². The van der Waals surface area contributed by atoms with E-state index in [4.69, 9.17) is 5.73 Å². The maximum absolute atomic E-state index is 12.6. The Bertz CT molecular complexity index is 586. The van der Waals surface area contributed by atoms with Crippen LogP contribution in [0.5, 0.6) is 0 Å². The molecule has 1 unspecified atom stereocenters. The molecule has 0 bridgehead atoms. The number of benzene rings is 1. The predicted octanol–water partition coefficient (Wildman–Crippen LogP) is 1.29. The zero-order valence-corrected chi connectivity index (χ0v) is 13.2. The van der Waals surface area contributed by atoms with Gasteiger partial charge in [0.2, 0.25) is 10.0 Å². The molecule has 0 saturated carbocycles. The van der Waals surface area contributed by atoms with Crippen molar-refractivity contribution >= 4 is 15.7 Å². The third kappa shape index (κ3) is 2.97. The lowest BCUT2D eigenvalue weighted by Crippen LogP contribution is -2.39. The van der Waals surface area contributed by atoms with Gasteiger partial charge in [-0.05, 0) is 51.1 Å². The van der Waals surface area contributed by atoms with Crippen LogP contribution in [0.25, 0.3) is 0 Å². The minimum absolute atomic E-state index is 0.200. The van der Waals surface area contributed by atoms with E-state index in [2.05, 4.69) is 4.90 Å². The molecule has 2 rings (SSSR count). The maximum Gasteiger partial charge on any atom is 0.244 e. The number of nitrogens with zero attached hydrogens (tertiary/aromatic N) is 2. The molecular weight excluding hydrogens is 274 g/mol. The quantitative estimate of drug-likeness (QED) is 0.851. The second-order valence-corrected chi connectivity index (χ2v) is 7.62. The number of anilines is 1. The zero-order chi connectivity index (χ0) is 14.9. The Labute approximate surface area is 121 Å². The number of sulfonamides is 1. The van der Waals surface area contributed by atoms with Gasteiger partial charge in [-0.1, -0.05) is 6.07 Å². The van der Waals surface area contributed by atoms with Gasteiger partial charge in [0.15, 0.2) is 0 Å². The van der Waals surface area contributed by atoms with Gasteiger partial charge in [0.1, 0.15) is 4.90 Å². The molecule has 0 amide bonds. The standard InChI is InChI=1S/C14H23N3O2S/c1-11-6-7-14(13(15)9-11)20(18,19)17(3)10-12-5-4-8-16(12)2/h6-7,9,12H,4-5,8,10,15H2,1-3H3. The van der Waals surface area contributed by atoms with Gasteiger partial charge in [-0.2, -0.15) is 4.31 Å². The third-order valence-corrected chi connectivity index (χ3v) is 5.89. The summed E-state index contributed by atoms with van der Waals surface area (Å²) in [6, 6.07) is 5.36. The van der Waals surface area contributed by atoms with Crippen LogP contribution < -0.4 is 5.73 Å². The Morgan fingerprint density at radius 3 is 2.70 bits per heavy atom. The molecule has 1 aromatic rings. The van der Waals surface area contributed by atoms with Crippen LogP contribution in [0, 0.1) is 6.92 Å². The van der Waals surface area contributed by atoms with Crippen molar-refractivity contribution in [3.63, 3.8) is 0 Å². The van der Waals surface area contributed by atoms with E-state index in [0.29, 0.717) is 18.3 Å². The van der Waals surface area contributed by atoms with Crippen LogP contribution in [0.15, 0.2) is 23.1 Å². The van der Waals surface area contributed by atoms with Gasteiger partial charge in [0, 0.05) is 19.6 Å². The van der Waals surface area contributed by atoms with E-state index in [-0.39, 0.29) is 4.90 Å². The SMILES string of the molecule is Cc1ccc(S(=O)(=O)N(C)CC2CCCN2C)c(N)c1. The molecule has 0 radical (unpaired) electrons. The largest absolute Gasteiger partial charge is 0.398 e. The van der Waals surface area contributed by atoms with E-state index < -0.39 is 10.0 Å². The monoisotopic (exact) mass is 297 g/mol. The number of likely N-dealkylation sites (N-methyl/N-ethyl adjacent to an activating group) is 2.